The number of fused-ring (bicyclic) bond motifs is 1. The van der Waals surface area contributed by atoms with Crippen LogP contribution in [-0.4, -0.2) is 18.7 Å². The molecular weight excluding hydrogens is 208 g/mol. The predicted molar refractivity (Wildman–Crippen MR) is 62.2 cm³/mol. The summed E-state index contributed by atoms with van der Waals surface area (Å²) in [5.74, 6) is 0. The first-order valence-electron chi connectivity index (χ1n) is 5.54. The summed E-state index contributed by atoms with van der Waals surface area (Å²) in [7, 11) is 1.74. The lowest BCUT2D eigenvalue weighted by Crippen LogP contribution is -2.15. The zero-order valence-corrected chi connectivity index (χ0v) is 9.98. The smallest absolute Gasteiger partial charge is 0.0932 e. The predicted octanol–water partition coefficient (Wildman–Crippen LogP) is 2.06. The topological polar surface area (TPSA) is 48.1 Å². The molecule has 0 bridgehead atoms. The highest BCUT2D eigenvalue weighted by molar-refractivity contribution is 7.11. The van der Waals surface area contributed by atoms with Crippen LogP contribution in [0.5, 0.6) is 0 Å². The second-order valence-corrected chi connectivity index (χ2v) is 5.13. The Hall–Kier alpha value is -0.450. The summed E-state index contributed by atoms with van der Waals surface area (Å²) in [5.41, 5.74) is 7.32. The summed E-state index contributed by atoms with van der Waals surface area (Å²) in [6, 6.07) is 0.238. The van der Waals surface area contributed by atoms with Crippen molar-refractivity contribution in [1.29, 1.82) is 0 Å². The van der Waals surface area contributed by atoms with Crippen LogP contribution in [0.4, 0.5) is 0 Å². The minimum atomic E-state index is 0.238. The fourth-order valence-corrected chi connectivity index (χ4v) is 3.17. The van der Waals surface area contributed by atoms with Gasteiger partial charge >= 0.3 is 0 Å². The first kappa shape index (κ1) is 11.0. The van der Waals surface area contributed by atoms with E-state index in [0.29, 0.717) is 0 Å². The average molecular weight is 226 g/mol. The Kier molecular flexibility index (Phi) is 3.72. The minimum Gasteiger partial charge on any atom is -0.385 e. The van der Waals surface area contributed by atoms with Crippen molar-refractivity contribution in [3.63, 3.8) is 0 Å². The summed E-state index contributed by atoms with van der Waals surface area (Å²) in [6.45, 7) is 0.816. The molecule has 1 aliphatic rings. The van der Waals surface area contributed by atoms with E-state index in [4.69, 9.17) is 10.5 Å². The van der Waals surface area contributed by atoms with Crippen molar-refractivity contribution in [2.24, 2.45) is 5.73 Å². The fourth-order valence-electron chi connectivity index (χ4n) is 1.98. The summed E-state index contributed by atoms with van der Waals surface area (Å²) < 4.78 is 5.04. The van der Waals surface area contributed by atoms with E-state index in [1.165, 1.54) is 22.0 Å². The number of nitrogens with zero attached hydrogens (tertiary/aromatic N) is 1. The van der Waals surface area contributed by atoms with Gasteiger partial charge in [-0.3, -0.25) is 0 Å². The molecule has 1 heterocycles. The quantitative estimate of drug-likeness (QED) is 0.799. The summed E-state index contributed by atoms with van der Waals surface area (Å²) in [6.07, 6.45) is 5.50. The molecule has 0 radical (unpaired) electrons. The van der Waals surface area contributed by atoms with Crippen molar-refractivity contribution < 1.29 is 4.74 Å². The van der Waals surface area contributed by atoms with E-state index in [1.807, 2.05) is 0 Å². The molecule has 0 spiro atoms. The molecule has 0 aromatic carbocycles. The zero-order chi connectivity index (χ0) is 10.7. The third-order valence-corrected chi connectivity index (χ3v) is 4.07. The SMILES string of the molecule is COCCCc1nc2c(s1)C(N)CCC2. The highest BCUT2D eigenvalue weighted by atomic mass is 32.1. The third-order valence-electron chi connectivity index (χ3n) is 2.78. The van der Waals surface area contributed by atoms with Crippen LogP contribution in [0, 0.1) is 0 Å². The number of rotatable bonds is 4. The van der Waals surface area contributed by atoms with Crippen molar-refractivity contribution in [3.05, 3.63) is 15.6 Å². The lowest BCUT2D eigenvalue weighted by Gasteiger charge is -2.15. The molecule has 0 saturated heterocycles. The maximum absolute atomic E-state index is 6.06. The number of thiazole rings is 1. The standard InChI is InChI=1S/C11H18N2OS/c1-14-7-3-6-10-13-9-5-2-4-8(12)11(9)15-10/h8H,2-7,12H2,1H3. The number of hydrogen-bond acceptors (Lipinski definition) is 4. The Morgan fingerprint density at radius 3 is 3.20 bits per heavy atom. The molecule has 1 aromatic rings. The van der Waals surface area contributed by atoms with Crippen molar-refractivity contribution in [2.75, 3.05) is 13.7 Å². The molecule has 0 fully saturated rings. The van der Waals surface area contributed by atoms with E-state index in [1.54, 1.807) is 18.4 Å². The van der Waals surface area contributed by atoms with Crippen molar-refractivity contribution in [2.45, 2.75) is 38.1 Å². The maximum atomic E-state index is 6.06. The van der Waals surface area contributed by atoms with Gasteiger partial charge in [0.05, 0.1) is 10.7 Å². The first-order valence-corrected chi connectivity index (χ1v) is 6.36. The second kappa shape index (κ2) is 5.05. The van der Waals surface area contributed by atoms with Crippen molar-refractivity contribution in [1.82, 2.24) is 4.98 Å². The molecule has 1 unspecified atom stereocenters. The van der Waals surface area contributed by atoms with Crippen LogP contribution in [0.3, 0.4) is 0 Å². The van der Waals surface area contributed by atoms with Gasteiger partial charge in [0.15, 0.2) is 0 Å². The van der Waals surface area contributed by atoms with Gasteiger partial charge in [0.2, 0.25) is 0 Å². The van der Waals surface area contributed by atoms with Gasteiger partial charge in [0.1, 0.15) is 0 Å². The molecule has 15 heavy (non-hydrogen) atoms. The molecule has 1 aromatic heterocycles. The van der Waals surface area contributed by atoms with Gasteiger partial charge < -0.3 is 10.5 Å². The van der Waals surface area contributed by atoms with Gasteiger partial charge in [-0.05, 0) is 25.7 Å². The number of aryl methyl sites for hydroxylation is 2. The van der Waals surface area contributed by atoms with Crippen LogP contribution < -0.4 is 5.73 Å². The molecule has 0 amide bonds. The molecule has 2 rings (SSSR count). The normalized spacial score (nSPS) is 20.3. The van der Waals surface area contributed by atoms with Gasteiger partial charge in [0, 0.05) is 31.1 Å². The van der Waals surface area contributed by atoms with Gasteiger partial charge in [-0.1, -0.05) is 0 Å². The van der Waals surface area contributed by atoms with Crippen LogP contribution in [0.1, 0.15) is 40.9 Å². The lowest BCUT2D eigenvalue weighted by molar-refractivity contribution is 0.195. The first-order chi connectivity index (χ1) is 7.31. The van der Waals surface area contributed by atoms with Gasteiger partial charge in [-0.2, -0.15) is 0 Å². The summed E-state index contributed by atoms with van der Waals surface area (Å²) in [5, 5.41) is 1.23. The van der Waals surface area contributed by atoms with Crippen LogP contribution in [0.2, 0.25) is 0 Å². The molecule has 3 nitrogen and oxygen atoms in total. The van der Waals surface area contributed by atoms with E-state index in [9.17, 15) is 0 Å². The highest BCUT2D eigenvalue weighted by Crippen LogP contribution is 2.32. The highest BCUT2D eigenvalue weighted by Gasteiger charge is 2.21. The molecular formula is C11H18N2OS. The van der Waals surface area contributed by atoms with E-state index in [-0.39, 0.29) is 6.04 Å². The number of aromatic nitrogens is 1. The monoisotopic (exact) mass is 226 g/mol. The molecule has 0 saturated carbocycles. The molecule has 4 heteroatoms. The maximum Gasteiger partial charge on any atom is 0.0932 e. The number of hydrogen-bond donors (Lipinski definition) is 1. The minimum absolute atomic E-state index is 0.238. The third kappa shape index (κ3) is 2.56. The number of methoxy groups -OCH3 is 1. The van der Waals surface area contributed by atoms with Gasteiger partial charge in [-0.15, -0.1) is 11.3 Å². The Morgan fingerprint density at radius 2 is 2.47 bits per heavy atom. The largest absolute Gasteiger partial charge is 0.385 e. The van der Waals surface area contributed by atoms with Crippen LogP contribution in [-0.2, 0) is 17.6 Å². The Balaban J connectivity index is 2.01. The van der Waals surface area contributed by atoms with Gasteiger partial charge in [0.25, 0.3) is 0 Å². The lowest BCUT2D eigenvalue weighted by atomic mass is 9.99. The molecule has 84 valence electrons. The van der Waals surface area contributed by atoms with Crippen molar-refractivity contribution in [3.8, 4) is 0 Å². The molecule has 1 aliphatic carbocycles. The van der Waals surface area contributed by atoms with E-state index >= 15 is 0 Å². The fraction of sp³-hybridized carbons (Fsp3) is 0.727. The number of ether oxygens (including phenoxy) is 1. The molecule has 0 aliphatic heterocycles. The summed E-state index contributed by atoms with van der Waals surface area (Å²) >= 11 is 1.80. The second-order valence-electron chi connectivity index (χ2n) is 4.01. The number of nitrogens with two attached hydrogens (primary N) is 1. The van der Waals surface area contributed by atoms with Crippen LogP contribution >= 0.6 is 11.3 Å². The Morgan fingerprint density at radius 1 is 1.60 bits per heavy atom. The molecule has 1 atom stereocenters. The summed E-state index contributed by atoms with van der Waals surface area (Å²) in [4.78, 5) is 5.98. The van der Waals surface area contributed by atoms with Crippen LogP contribution in [0.15, 0.2) is 0 Å². The van der Waals surface area contributed by atoms with E-state index in [2.05, 4.69) is 4.98 Å². The Labute approximate surface area is 94.7 Å². The molecule has 2 N–H and O–H groups in total. The zero-order valence-electron chi connectivity index (χ0n) is 9.16. The van der Waals surface area contributed by atoms with Crippen LogP contribution in [0.25, 0.3) is 0 Å². The van der Waals surface area contributed by atoms with E-state index in [0.717, 1.165) is 32.3 Å². The van der Waals surface area contributed by atoms with Gasteiger partial charge in [-0.25, -0.2) is 4.98 Å². The average Bonchev–Trinajstić information content (AvgIpc) is 2.63. The van der Waals surface area contributed by atoms with E-state index < -0.39 is 0 Å². The Bertz CT molecular complexity index is 324. The van der Waals surface area contributed by atoms with Crippen molar-refractivity contribution >= 4 is 11.3 Å².